The minimum absolute atomic E-state index is 0.388. The van der Waals surface area contributed by atoms with E-state index in [1.807, 2.05) is 0 Å². The van der Waals surface area contributed by atoms with Crippen LogP contribution in [0.3, 0.4) is 0 Å². The molecule has 1 aliphatic heterocycles. The van der Waals surface area contributed by atoms with Gasteiger partial charge in [-0.1, -0.05) is 32.6 Å². The largest absolute Gasteiger partial charge is 0.275 e. The maximum atomic E-state index is 13.8. The number of halogens is 1. The van der Waals surface area contributed by atoms with E-state index in [9.17, 15) is 4.39 Å². The molecule has 2 fully saturated rings. The lowest BCUT2D eigenvalue weighted by atomic mass is 9.95. The number of rotatable bonds is 4. The summed E-state index contributed by atoms with van der Waals surface area (Å²) in [5.74, 6) is 0. The molecule has 1 atom stereocenters. The second-order valence-corrected chi connectivity index (χ2v) is 6.75. The minimum Gasteiger partial charge on any atom is -0.275 e. The molecule has 0 amide bonds. The molecule has 1 saturated heterocycles. The van der Waals surface area contributed by atoms with Gasteiger partial charge in [0.15, 0.2) is 16.3 Å². The molecule has 0 radical (unpaired) electrons. The van der Waals surface area contributed by atoms with Gasteiger partial charge < -0.3 is 0 Å². The summed E-state index contributed by atoms with van der Waals surface area (Å²) in [4.78, 5) is 0. The Bertz CT molecular complexity index is 197. The topological polar surface area (TPSA) is 6.48 Å². The summed E-state index contributed by atoms with van der Waals surface area (Å²) in [6.07, 6.45) is 8.11. The van der Waals surface area contributed by atoms with Gasteiger partial charge in [-0.2, -0.15) is 0 Å². The van der Waals surface area contributed by atoms with Crippen molar-refractivity contribution in [2.45, 2.75) is 64.3 Å². The van der Waals surface area contributed by atoms with Crippen LogP contribution in [0.25, 0.3) is 0 Å². The summed E-state index contributed by atoms with van der Waals surface area (Å²) < 4.78 is 18.1. The van der Waals surface area contributed by atoms with Crippen LogP contribution in [-0.4, -0.2) is 38.0 Å². The molecule has 1 aliphatic carbocycles. The highest BCUT2D eigenvalue weighted by molar-refractivity contribution is 6.32. The van der Waals surface area contributed by atoms with E-state index in [2.05, 4.69) is 16.1 Å². The first-order valence-corrected chi connectivity index (χ1v) is 7.73. The Kier molecular flexibility index (Phi) is 4.17. The molecule has 0 aromatic rings. The van der Waals surface area contributed by atoms with Gasteiger partial charge >= 0.3 is 0 Å². The maximum Gasteiger partial charge on any atom is 0.199 e. The first-order valence-electron chi connectivity index (χ1n) is 6.47. The zero-order valence-corrected chi connectivity index (χ0v) is 11.2. The van der Waals surface area contributed by atoms with Crippen molar-refractivity contribution < 1.29 is 4.39 Å². The van der Waals surface area contributed by atoms with Crippen LogP contribution in [0, 0.1) is 0 Å². The Labute approximate surface area is 94.8 Å². The normalized spacial score (nSPS) is 32.0. The molecular formula is C11H23FN2Si. The third kappa shape index (κ3) is 2.60. The lowest BCUT2D eigenvalue weighted by Crippen LogP contribution is -2.67. The zero-order chi connectivity index (χ0) is 10.7. The molecule has 2 aliphatic rings. The first kappa shape index (κ1) is 11.5. The quantitative estimate of drug-likeness (QED) is 0.538. The third-order valence-electron chi connectivity index (χ3n) is 3.76. The molecule has 4 heteroatoms. The third-order valence-corrected chi connectivity index (χ3v) is 5.89. The smallest absolute Gasteiger partial charge is 0.199 e. The van der Waals surface area contributed by atoms with Crippen LogP contribution in [0.2, 0.25) is 0 Å². The predicted molar refractivity (Wildman–Crippen MR) is 63.8 cm³/mol. The zero-order valence-electron chi connectivity index (χ0n) is 9.79. The van der Waals surface area contributed by atoms with Crippen molar-refractivity contribution in [2.24, 2.45) is 0 Å². The fourth-order valence-electron chi connectivity index (χ4n) is 2.70. The average Bonchev–Trinajstić information content (AvgIpc) is 2.29. The molecule has 0 aromatic carbocycles. The molecule has 0 N–H and O–H groups in total. The summed E-state index contributed by atoms with van der Waals surface area (Å²) in [5.41, 5.74) is 0. The molecule has 2 rings (SSSR count). The lowest BCUT2D eigenvalue weighted by Gasteiger charge is -2.50. The maximum absolute atomic E-state index is 13.8. The highest BCUT2D eigenvalue weighted by Crippen LogP contribution is 2.29. The van der Waals surface area contributed by atoms with E-state index < -0.39 is 6.42 Å². The number of unbranched alkanes of at least 4 members (excludes halogenated alkanes) is 1. The molecular weight excluding hydrogens is 207 g/mol. The standard InChI is InChI=1S/C11H23FN2Si/c1-2-3-9-13-11(12)14(15-13)10-7-5-4-6-8-10/h10-11H,2-9,15H2,1H3. The van der Waals surface area contributed by atoms with E-state index in [-0.39, 0.29) is 9.84 Å². The molecule has 1 saturated carbocycles. The Morgan fingerprint density at radius 3 is 2.60 bits per heavy atom. The van der Waals surface area contributed by atoms with E-state index in [1.165, 1.54) is 38.5 Å². The van der Waals surface area contributed by atoms with Gasteiger partial charge in [-0.25, -0.2) is 4.39 Å². The van der Waals surface area contributed by atoms with Gasteiger partial charge in [0.2, 0.25) is 0 Å². The second-order valence-electron chi connectivity index (χ2n) is 4.92. The van der Waals surface area contributed by atoms with Crippen molar-refractivity contribution in [3.8, 4) is 0 Å². The van der Waals surface area contributed by atoms with Gasteiger partial charge in [0.25, 0.3) is 0 Å². The number of hydrogen-bond acceptors (Lipinski definition) is 2. The van der Waals surface area contributed by atoms with Crippen LogP contribution in [0.4, 0.5) is 4.39 Å². The molecule has 88 valence electrons. The van der Waals surface area contributed by atoms with Gasteiger partial charge in [0, 0.05) is 6.04 Å². The highest BCUT2D eigenvalue weighted by atomic mass is 28.2. The molecule has 2 nitrogen and oxygen atoms in total. The van der Waals surface area contributed by atoms with Gasteiger partial charge in [0.1, 0.15) is 0 Å². The van der Waals surface area contributed by atoms with Gasteiger partial charge in [-0.05, 0) is 25.8 Å². The van der Waals surface area contributed by atoms with Crippen LogP contribution in [0.5, 0.6) is 0 Å². The molecule has 15 heavy (non-hydrogen) atoms. The monoisotopic (exact) mass is 230 g/mol. The van der Waals surface area contributed by atoms with Crippen molar-refractivity contribution in [2.75, 3.05) is 6.54 Å². The number of hydrogen-bond donors (Lipinski definition) is 0. The number of alkyl halides is 1. The van der Waals surface area contributed by atoms with Crippen LogP contribution in [0.15, 0.2) is 0 Å². The summed E-state index contributed by atoms with van der Waals surface area (Å²) in [7, 11) is -0.388. The second kappa shape index (κ2) is 5.41. The van der Waals surface area contributed by atoms with Crippen LogP contribution in [0.1, 0.15) is 51.9 Å². The van der Waals surface area contributed by atoms with Crippen LogP contribution < -0.4 is 0 Å². The van der Waals surface area contributed by atoms with Crippen LogP contribution in [-0.2, 0) is 0 Å². The average molecular weight is 230 g/mol. The SMILES string of the molecule is CCCCN1[SiH2]N(C2CCCCC2)C1F. The molecule has 0 bridgehead atoms. The van der Waals surface area contributed by atoms with Crippen molar-refractivity contribution in [3.63, 3.8) is 0 Å². The predicted octanol–water partition coefficient (Wildman–Crippen LogP) is 1.99. The van der Waals surface area contributed by atoms with Crippen molar-refractivity contribution >= 4 is 9.84 Å². The Hall–Kier alpha value is 0.0669. The molecule has 1 heterocycles. The van der Waals surface area contributed by atoms with E-state index >= 15 is 0 Å². The fraction of sp³-hybridized carbons (Fsp3) is 1.00. The lowest BCUT2D eigenvalue weighted by molar-refractivity contribution is -0.0480. The van der Waals surface area contributed by atoms with Gasteiger partial charge in [0.05, 0.1) is 0 Å². The van der Waals surface area contributed by atoms with Gasteiger partial charge in [-0.15, -0.1) is 0 Å². The van der Waals surface area contributed by atoms with Gasteiger partial charge in [-0.3, -0.25) is 9.13 Å². The van der Waals surface area contributed by atoms with Crippen LogP contribution >= 0.6 is 0 Å². The van der Waals surface area contributed by atoms with E-state index in [0.717, 1.165) is 13.0 Å². The van der Waals surface area contributed by atoms with Crippen molar-refractivity contribution in [1.29, 1.82) is 0 Å². The molecule has 1 unspecified atom stereocenters. The Balaban J connectivity index is 1.72. The molecule has 0 aromatic heterocycles. The summed E-state index contributed by atoms with van der Waals surface area (Å²) >= 11 is 0. The highest BCUT2D eigenvalue weighted by Gasteiger charge is 2.40. The Morgan fingerprint density at radius 2 is 2.00 bits per heavy atom. The van der Waals surface area contributed by atoms with E-state index in [4.69, 9.17) is 0 Å². The number of nitrogens with zero attached hydrogens (tertiary/aromatic N) is 2. The molecule has 0 spiro atoms. The first-order chi connectivity index (χ1) is 7.33. The minimum atomic E-state index is -0.716. The van der Waals surface area contributed by atoms with E-state index in [1.54, 1.807) is 0 Å². The summed E-state index contributed by atoms with van der Waals surface area (Å²) in [6, 6.07) is 0.596. The van der Waals surface area contributed by atoms with Crippen molar-refractivity contribution in [1.82, 2.24) is 9.13 Å². The summed E-state index contributed by atoms with van der Waals surface area (Å²) in [6.45, 7) is 3.17. The Morgan fingerprint density at radius 1 is 1.27 bits per heavy atom. The van der Waals surface area contributed by atoms with E-state index in [0.29, 0.717) is 6.04 Å². The fourth-order valence-corrected chi connectivity index (χ4v) is 4.48. The summed E-state index contributed by atoms with van der Waals surface area (Å²) in [5, 5.41) is 0. The van der Waals surface area contributed by atoms with Crippen molar-refractivity contribution in [3.05, 3.63) is 0 Å².